The van der Waals surface area contributed by atoms with Crippen molar-refractivity contribution >= 4 is 5.91 Å². The SMILES string of the molecule is CCc1ccc(C2CCNC(C(=O)N(CC)CC)C2)cc1. The Morgan fingerprint density at radius 2 is 1.86 bits per heavy atom. The number of piperidine rings is 1. The van der Waals surface area contributed by atoms with Gasteiger partial charge < -0.3 is 10.2 Å². The van der Waals surface area contributed by atoms with Crippen molar-refractivity contribution in [1.29, 1.82) is 0 Å². The lowest BCUT2D eigenvalue weighted by atomic mass is 9.85. The molecule has 1 aliphatic rings. The summed E-state index contributed by atoms with van der Waals surface area (Å²) in [4.78, 5) is 14.4. The zero-order valence-corrected chi connectivity index (χ0v) is 13.6. The van der Waals surface area contributed by atoms with E-state index in [1.807, 2.05) is 18.7 Å². The Morgan fingerprint density at radius 3 is 2.43 bits per heavy atom. The predicted octanol–water partition coefficient (Wildman–Crippen LogP) is 2.95. The minimum atomic E-state index is -0.0190. The molecule has 1 heterocycles. The third-order valence-corrected chi connectivity index (χ3v) is 4.64. The number of amides is 1. The van der Waals surface area contributed by atoms with Gasteiger partial charge >= 0.3 is 0 Å². The molecule has 2 unspecified atom stereocenters. The molecule has 3 heteroatoms. The highest BCUT2D eigenvalue weighted by atomic mass is 16.2. The molecule has 1 amide bonds. The molecular formula is C18H28N2O. The second-order valence-corrected chi connectivity index (χ2v) is 5.83. The van der Waals surface area contributed by atoms with Crippen LogP contribution in [0.2, 0.25) is 0 Å². The number of hydrogen-bond donors (Lipinski definition) is 1. The molecule has 2 atom stereocenters. The molecule has 0 spiro atoms. The molecule has 0 aromatic heterocycles. The van der Waals surface area contributed by atoms with Crippen LogP contribution in [0.5, 0.6) is 0 Å². The number of nitrogens with one attached hydrogen (secondary N) is 1. The van der Waals surface area contributed by atoms with Crippen LogP contribution in [0.15, 0.2) is 24.3 Å². The van der Waals surface area contributed by atoms with Gasteiger partial charge in [-0.15, -0.1) is 0 Å². The Kier molecular flexibility index (Phi) is 5.80. The Morgan fingerprint density at radius 1 is 1.19 bits per heavy atom. The first-order valence-electron chi connectivity index (χ1n) is 8.30. The molecule has 116 valence electrons. The van der Waals surface area contributed by atoms with Crippen LogP contribution in [0.1, 0.15) is 50.7 Å². The molecule has 1 saturated heterocycles. The number of benzene rings is 1. The van der Waals surface area contributed by atoms with Gasteiger partial charge in [0.25, 0.3) is 0 Å². The van der Waals surface area contributed by atoms with Gasteiger partial charge in [-0.25, -0.2) is 0 Å². The summed E-state index contributed by atoms with van der Waals surface area (Å²) >= 11 is 0. The van der Waals surface area contributed by atoms with Crippen LogP contribution in [-0.4, -0.2) is 36.5 Å². The molecule has 0 bridgehead atoms. The number of carbonyl (C=O) groups is 1. The van der Waals surface area contributed by atoms with Crippen LogP contribution in [0.4, 0.5) is 0 Å². The van der Waals surface area contributed by atoms with Crippen LogP contribution >= 0.6 is 0 Å². The predicted molar refractivity (Wildman–Crippen MR) is 87.5 cm³/mol. The lowest BCUT2D eigenvalue weighted by Gasteiger charge is -2.33. The summed E-state index contributed by atoms with van der Waals surface area (Å²) in [5.41, 5.74) is 2.76. The molecule has 1 aromatic rings. The lowest BCUT2D eigenvalue weighted by molar-refractivity contribution is -0.133. The van der Waals surface area contributed by atoms with Crippen LogP contribution in [0.3, 0.4) is 0 Å². The van der Waals surface area contributed by atoms with E-state index in [1.54, 1.807) is 0 Å². The van der Waals surface area contributed by atoms with Gasteiger partial charge in [-0.2, -0.15) is 0 Å². The monoisotopic (exact) mass is 288 g/mol. The van der Waals surface area contributed by atoms with Gasteiger partial charge in [0, 0.05) is 13.1 Å². The van der Waals surface area contributed by atoms with E-state index in [-0.39, 0.29) is 11.9 Å². The highest BCUT2D eigenvalue weighted by Crippen LogP contribution is 2.28. The summed E-state index contributed by atoms with van der Waals surface area (Å²) in [5.74, 6) is 0.761. The third kappa shape index (κ3) is 3.85. The Balaban J connectivity index is 2.04. The molecule has 1 fully saturated rings. The fourth-order valence-corrected chi connectivity index (χ4v) is 3.19. The standard InChI is InChI=1S/C18H28N2O/c1-4-14-7-9-15(10-8-14)16-11-12-19-17(13-16)18(21)20(5-2)6-3/h7-10,16-17,19H,4-6,11-13H2,1-3H3. The van der Waals surface area contributed by atoms with E-state index in [0.29, 0.717) is 5.92 Å². The van der Waals surface area contributed by atoms with E-state index < -0.39 is 0 Å². The van der Waals surface area contributed by atoms with Crippen LogP contribution < -0.4 is 5.32 Å². The second-order valence-electron chi connectivity index (χ2n) is 5.83. The summed E-state index contributed by atoms with van der Waals surface area (Å²) in [5, 5.41) is 3.40. The van der Waals surface area contributed by atoms with Gasteiger partial charge in [-0.1, -0.05) is 31.2 Å². The molecule has 1 aliphatic heterocycles. The molecule has 0 saturated carbocycles. The third-order valence-electron chi connectivity index (χ3n) is 4.64. The van der Waals surface area contributed by atoms with Crippen LogP contribution in [0.25, 0.3) is 0 Å². The average molecular weight is 288 g/mol. The van der Waals surface area contributed by atoms with E-state index in [2.05, 4.69) is 36.5 Å². The van der Waals surface area contributed by atoms with Crippen molar-refractivity contribution in [2.75, 3.05) is 19.6 Å². The van der Waals surface area contributed by atoms with Gasteiger partial charge in [0.1, 0.15) is 0 Å². The number of likely N-dealkylation sites (N-methyl/N-ethyl adjacent to an activating group) is 1. The van der Waals surface area contributed by atoms with Gasteiger partial charge in [0.05, 0.1) is 6.04 Å². The topological polar surface area (TPSA) is 32.3 Å². The van der Waals surface area contributed by atoms with Crippen molar-refractivity contribution in [3.8, 4) is 0 Å². The molecule has 0 aliphatic carbocycles. The van der Waals surface area contributed by atoms with Gasteiger partial charge in [-0.3, -0.25) is 4.79 Å². The Hall–Kier alpha value is -1.35. The fraction of sp³-hybridized carbons (Fsp3) is 0.611. The number of carbonyl (C=O) groups excluding carboxylic acids is 1. The van der Waals surface area contributed by atoms with Crippen molar-refractivity contribution in [3.05, 3.63) is 35.4 Å². The number of rotatable bonds is 5. The van der Waals surface area contributed by atoms with Gasteiger partial charge in [0.2, 0.25) is 5.91 Å². The first kappa shape index (κ1) is 16.0. The average Bonchev–Trinajstić information content (AvgIpc) is 2.56. The molecule has 1 aromatic carbocycles. The number of aryl methyl sites for hydroxylation is 1. The molecule has 2 rings (SSSR count). The fourth-order valence-electron chi connectivity index (χ4n) is 3.19. The van der Waals surface area contributed by atoms with Crippen molar-refractivity contribution < 1.29 is 4.79 Å². The van der Waals surface area contributed by atoms with Crippen molar-refractivity contribution in [2.24, 2.45) is 0 Å². The largest absolute Gasteiger partial charge is 0.342 e. The van der Waals surface area contributed by atoms with Crippen LogP contribution in [0, 0.1) is 0 Å². The maximum atomic E-state index is 12.5. The van der Waals surface area contributed by atoms with E-state index in [9.17, 15) is 4.79 Å². The molecule has 21 heavy (non-hydrogen) atoms. The normalized spacial score (nSPS) is 22.0. The number of nitrogens with zero attached hydrogens (tertiary/aromatic N) is 1. The molecular weight excluding hydrogens is 260 g/mol. The van der Waals surface area contributed by atoms with Crippen molar-refractivity contribution in [2.45, 2.75) is 52.0 Å². The smallest absolute Gasteiger partial charge is 0.239 e. The molecule has 3 nitrogen and oxygen atoms in total. The van der Waals surface area contributed by atoms with E-state index in [0.717, 1.165) is 38.9 Å². The number of hydrogen-bond acceptors (Lipinski definition) is 2. The zero-order valence-electron chi connectivity index (χ0n) is 13.6. The summed E-state index contributed by atoms with van der Waals surface area (Å²) in [6.45, 7) is 8.79. The lowest BCUT2D eigenvalue weighted by Crippen LogP contribution is -2.49. The van der Waals surface area contributed by atoms with E-state index in [1.165, 1.54) is 11.1 Å². The van der Waals surface area contributed by atoms with Gasteiger partial charge in [0.15, 0.2) is 0 Å². The maximum absolute atomic E-state index is 12.5. The molecule has 0 radical (unpaired) electrons. The Bertz CT molecular complexity index is 451. The first-order valence-corrected chi connectivity index (χ1v) is 8.30. The second kappa shape index (κ2) is 7.60. The minimum absolute atomic E-state index is 0.0190. The van der Waals surface area contributed by atoms with E-state index in [4.69, 9.17) is 0 Å². The molecule has 1 N–H and O–H groups in total. The zero-order chi connectivity index (χ0) is 15.2. The van der Waals surface area contributed by atoms with Crippen LogP contribution in [-0.2, 0) is 11.2 Å². The van der Waals surface area contributed by atoms with E-state index >= 15 is 0 Å². The highest BCUT2D eigenvalue weighted by Gasteiger charge is 2.29. The summed E-state index contributed by atoms with van der Waals surface area (Å²) in [6.07, 6.45) is 3.11. The quantitative estimate of drug-likeness (QED) is 0.903. The maximum Gasteiger partial charge on any atom is 0.239 e. The highest BCUT2D eigenvalue weighted by molar-refractivity contribution is 5.82. The Labute approximate surface area is 128 Å². The summed E-state index contributed by atoms with van der Waals surface area (Å²) in [6, 6.07) is 8.91. The summed E-state index contributed by atoms with van der Waals surface area (Å²) < 4.78 is 0. The van der Waals surface area contributed by atoms with Gasteiger partial charge in [-0.05, 0) is 56.7 Å². The van der Waals surface area contributed by atoms with Crippen molar-refractivity contribution in [1.82, 2.24) is 10.2 Å². The first-order chi connectivity index (χ1) is 10.2. The minimum Gasteiger partial charge on any atom is -0.342 e. The summed E-state index contributed by atoms with van der Waals surface area (Å²) in [7, 11) is 0. The van der Waals surface area contributed by atoms with Crippen molar-refractivity contribution in [3.63, 3.8) is 0 Å².